The molecule has 0 bridgehead atoms. The summed E-state index contributed by atoms with van der Waals surface area (Å²) in [4.78, 5) is 0. The molecule has 7 heteroatoms. The van der Waals surface area contributed by atoms with Gasteiger partial charge in [-0.1, -0.05) is 0 Å². The second kappa shape index (κ2) is 5.64. The molecular formula is C8H15F3O4. The molecule has 0 heterocycles. The van der Waals surface area contributed by atoms with Crippen LogP contribution in [0.5, 0.6) is 0 Å². The first-order chi connectivity index (χ1) is 6.86. The molecule has 0 atom stereocenters. The van der Waals surface area contributed by atoms with Gasteiger partial charge in [-0.25, -0.2) is 0 Å². The van der Waals surface area contributed by atoms with Gasteiger partial charge in [-0.2, -0.15) is 13.2 Å². The van der Waals surface area contributed by atoms with Crippen molar-refractivity contribution < 1.29 is 32.1 Å². The molecule has 4 nitrogen and oxygen atoms in total. The minimum Gasteiger partial charge on any atom is -0.356 e. The average molecular weight is 232 g/mol. The topological polar surface area (TPSA) is 36.9 Å². The fourth-order valence-electron chi connectivity index (χ4n) is 1.08. The van der Waals surface area contributed by atoms with Gasteiger partial charge in [-0.3, -0.25) is 0 Å². The average Bonchev–Trinajstić information content (AvgIpc) is 2.19. The molecule has 0 N–H and O–H groups in total. The van der Waals surface area contributed by atoms with Gasteiger partial charge in [0.05, 0.1) is 6.42 Å². The first-order valence-electron chi connectivity index (χ1n) is 4.09. The van der Waals surface area contributed by atoms with E-state index < -0.39 is 24.7 Å². The summed E-state index contributed by atoms with van der Waals surface area (Å²) in [5.41, 5.74) is 0. The van der Waals surface area contributed by atoms with Crippen LogP contribution in [0.1, 0.15) is 6.42 Å². The minimum absolute atomic E-state index is 0.601. The van der Waals surface area contributed by atoms with E-state index in [4.69, 9.17) is 0 Å². The minimum atomic E-state index is -4.66. The second-order valence-electron chi connectivity index (χ2n) is 2.76. The second-order valence-corrected chi connectivity index (χ2v) is 2.76. The van der Waals surface area contributed by atoms with E-state index in [9.17, 15) is 13.2 Å². The molecule has 0 aromatic heterocycles. The Balaban J connectivity index is 4.79. The number of alkyl halides is 3. The predicted octanol–water partition coefficient (Wildman–Crippen LogP) is 1.55. The molecule has 0 aliphatic carbocycles. The highest BCUT2D eigenvalue weighted by molar-refractivity contribution is 4.79. The summed E-state index contributed by atoms with van der Waals surface area (Å²) < 4.78 is 56.0. The van der Waals surface area contributed by atoms with E-state index >= 15 is 0 Å². The Kier molecular flexibility index (Phi) is 5.50. The summed E-state index contributed by atoms with van der Waals surface area (Å²) >= 11 is 0. The molecular weight excluding hydrogens is 217 g/mol. The van der Waals surface area contributed by atoms with E-state index in [-0.39, 0.29) is 0 Å². The molecule has 0 fully saturated rings. The lowest BCUT2D eigenvalue weighted by atomic mass is 10.1. The van der Waals surface area contributed by atoms with Crippen molar-refractivity contribution in [1.82, 2.24) is 0 Å². The Morgan fingerprint density at radius 3 is 1.53 bits per heavy atom. The van der Waals surface area contributed by atoms with Crippen LogP contribution in [0.4, 0.5) is 13.2 Å². The molecule has 0 radical (unpaired) electrons. The molecule has 92 valence electrons. The smallest absolute Gasteiger partial charge is 0.356 e. The molecule has 0 aliphatic rings. The van der Waals surface area contributed by atoms with Crippen molar-refractivity contribution in [1.29, 1.82) is 0 Å². The van der Waals surface area contributed by atoms with E-state index in [0.717, 1.165) is 14.2 Å². The van der Waals surface area contributed by atoms with E-state index in [2.05, 4.69) is 18.9 Å². The molecule has 0 saturated carbocycles. The normalized spacial score (nSPS) is 13.6. The zero-order valence-corrected chi connectivity index (χ0v) is 9.05. The van der Waals surface area contributed by atoms with Crippen molar-refractivity contribution in [2.24, 2.45) is 0 Å². The molecule has 0 amide bonds. The largest absolute Gasteiger partial charge is 0.443 e. The Morgan fingerprint density at radius 2 is 1.33 bits per heavy atom. The van der Waals surface area contributed by atoms with E-state index in [1.54, 1.807) is 0 Å². The molecule has 0 aliphatic heterocycles. The lowest BCUT2D eigenvalue weighted by Gasteiger charge is -2.34. The Bertz CT molecular complexity index is 175. The summed E-state index contributed by atoms with van der Waals surface area (Å²) in [6.45, 7) is 0. The lowest BCUT2D eigenvalue weighted by molar-refractivity contribution is -0.381. The molecule has 0 aromatic carbocycles. The molecule has 0 saturated heterocycles. The Hall–Kier alpha value is -0.370. The standard InChI is InChI=1S/C8H15F3O4/c1-12-6(13-2)5-7(14-3,15-4)8(9,10)11/h6H,5H2,1-4H3. The summed E-state index contributed by atoms with van der Waals surface area (Å²) in [6.07, 6.45) is -6.31. The highest BCUT2D eigenvalue weighted by Crippen LogP contribution is 2.37. The van der Waals surface area contributed by atoms with E-state index in [1.807, 2.05) is 0 Å². The van der Waals surface area contributed by atoms with Gasteiger partial charge in [0.15, 0.2) is 6.29 Å². The van der Waals surface area contributed by atoms with Gasteiger partial charge in [0.25, 0.3) is 5.79 Å². The zero-order valence-electron chi connectivity index (χ0n) is 9.05. The number of ether oxygens (including phenoxy) is 4. The highest BCUT2D eigenvalue weighted by atomic mass is 19.4. The fourth-order valence-corrected chi connectivity index (χ4v) is 1.08. The number of hydrogen-bond donors (Lipinski definition) is 0. The third-order valence-electron chi connectivity index (χ3n) is 2.05. The summed E-state index contributed by atoms with van der Waals surface area (Å²) in [5, 5.41) is 0. The Labute approximate surface area is 86.2 Å². The summed E-state index contributed by atoms with van der Waals surface area (Å²) in [6, 6.07) is 0. The highest BCUT2D eigenvalue weighted by Gasteiger charge is 2.57. The van der Waals surface area contributed by atoms with Gasteiger partial charge in [0.1, 0.15) is 0 Å². The van der Waals surface area contributed by atoms with Gasteiger partial charge in [-0.05, 0) is 0 Å². The summed E-state index contributed by atoms with van der Waals surface area (Å²) in [7, 11) is 4.31. The van der Waals surface area contributed by atoms with Crippen LogP contribution in [0.25, 0.3) is 0 Å². The maximum absolute atomic E-state index is 12.6. The van der Waals surface area contributed by atoms with Crippen molar-refractivity contribution in [2.75, 3.05) is 28.4 Å². The first-order valence-corrected chi connectivity index (χ1v) is 4.09. The quantitative estimate of drug-likeness (QED) is 0.651. The molecule has 0 unspecified atom stereocenters. The first kappa shape index (κ1) is 14.6. The molecule has 0 aromatic rings. The van der Waals surface area contributed by atoms with Crippen LogP contribution in [-0.4, -0.2) is 46.7 Å². The van der Waals surface area contributed by atoms with Gasteiger partial charge >= 0.3 is 6.18 Å². The third-order valence-corrected chi connectivity index (χ3v) is 2.05. The van der Waals surface area contributed by atoms with Gasteiger partial charge in [-0.15, -0.1) is 0 Å². The number of hydrogen-bond acceptors (Lipinski definition) is 4. The number of halogens is 3. The van der Waals surface area contributed by atoms with E-state index in [0.29, 0.717) is 0 Å². The van der Waals surface area contributed by atoms with Crippen LogP contribution in [-0.2, 0) is 18.9 Å². The molecule has 0 spiro atoms. The van der Waals surface area contributed by atoms with Crippen LogP contribution in [0, 0.1) is 0 Å². The fraction of sp³-hybridized carbons (Fsp3) is 1.00. The molecule has 15 heavy (non-hydrogen) atoms. The van der Waals surface area contributed by atoms with Gasteiger partial charge in [0, 0.05) is 28.4 Å². The maximum atomic E-state index is 12.6. The zero-order chi connectivity index (χ0) is 12.1. The predicted molar refractivity (Wildman–Crippen MR) is 45.2 cm³/mol. The van der Waals surface area contributed by atoms with Crippen LogP contribution in [0.3, 0.4) is 0 Å². The van der Waals surface area contributed by atoms with Crippen LogP contribution in [0.15, 0.2) is 0 Å². The van der Waals surface area contributed by atoms with Gasteiger partial charge < -0.3 is 18.9 Å². The number of methoxy groups -OCH3 is 4. The van der Waals surface area contributed by atoms with Crippen molar-refractivity contribution in [3.63, 3.8) is 0 Å². The monoisotopic (exact) mass is 232 g/mol. The SMILES string of the molecule is COC(CC(OC)(OC)C(F)(F)F)OC. The van der Waals surface area contributed by atoms with Crippen LogP contribution < -0.4 is 0 Å². The van der Waals surface area contributed by atoms with Crippen LogP contribution >= 0.6 is 0 Å². The maximum Gasteiger partial charge on any atom is 0.443 e. The number of rotatable bonds is 6. The van der Waals surface area contributed by atoms with Crippen molar-refractivity contribution in [3.8, 4) is 0 Å². The van der Waals surface area contributed by atoms with E-state index in [1.165, 1.54) is 14.2 Å². The summed E-state index contributed by atoms with van der Waals surface area (Å²) in [5.74, 6) is -2.70. The van der Waals surface area contributed by atoms with Crippen LogP contribution in [0.2, 0.25) is 0 Å². The third kappa shape index (κ3) is 3.30. The van der Waals surface area contributed by atoms with Gasteiger partial charge in [0.2, 0.25) is 0 Å². The van der Waals surface area contributed by atoms with Crippen molar-refractivity contribution in [3.05, 3.63) is 0 Å². The molecule has 0 rings (SSSR count). The lowest BCUT2D eigenvalue weighted by Crippen LogP contribution is -2.51. The van der Waals surface area contributed by atoms with Crippen molar-refractivity contribution >= 4 is 0 Å². The Morgan fingerprint density at radius 1 is 0.933 bits per heavy atom. The van der Waals surface area contributed by atoms with Crippen molar-refractivity contribution in [2.45, 2.75) is 24.7 Å².